The molecule has 0 aromatic heterocycles. The van der Waals surface area contributed by atoms with Crippen molar-refractivity contribution in [2.75, 3.05) is 26.4 Å². The summed E-state index contributed by atoms with van der Waals surface area (Å²) in [5, 5.41) is 4.97. The number of rotatable bonds is 4. The van der Waals surface area contributed by atoms with Crippen LogP contribution in [0.5, 0.6) is 0 Å². The van der Waals surface area contributed by atoms with Gasteiger partial charge in [0.25, 0.3) is 0 Å². The van der Waals surface area contributed by atoms with E-state index in [0.717, 1.165) is 12.5 Å². The predicted molar refractivity (Wildman–Crippen MR) is 90.6 cm³/mol. The van der Waals surface area contributed by atoms with Crippen LogP contribution in [0.4, 0.5) is 0 Å². The number of nitrogens with one attached hydrogen (secondary N) is 1. The minimum Gasteiger partial charge on any atom is -0.359 e. The first-order valence-electron chi connectivity index (χ1n) is 8.04. The number of aliphatic imine (C=N–C) groups is 1. The summed E-state index contributed by atoms with van der Waals surface area (Å²) in [5.74, 6) is 2.71. The lowest BCUT2D eigenvalue weighted by Crippen LogP contribution is -2.46. The lowest BCUT2D eigenvalue weighted by atomic mass is 9.78. The molecule has 1 aliphatic heterocycles. The first-order chi connectivity index (χ1) is 9.40. The van der Waals surface area contributed by atoms with Crippen LogP contribution in [-0.4, -0.2) is 48.0 Å². The number of thioether (sulfide) groups is 1. The Labute approximate surface area is 129 Å². The Hall–Kier alpha value is -0.220. The van der Waals surface area contributed by atoms with Crippen LogP contribution in [0.3, 0.4) is 0 Å². The molecule has 0 aromatic rings. The third kappa shape index (κ3) is 4.14. The van der Waals surface area contributed by atoms with Crippen molar-refractivity contribution >= 4 is 16.9 Å². The molecule has 2 aliphatic rings. The van der Waals surface area contributed by atoms with E-state index in [0.29, 0.717) is 17.5 Å². The minimum absolute atomic E-state index is 0.357. The lowest BCUT2D eigenvalue weighted by Gasteiger charge is -2.35. The van der Waals surface area contributed by atoms with E-state index >= 15 is 0 Å². The van der Waals surface area contributed by atoms with Crippen molar-refractivity contribution in [2.45, 2.75) is 58.0 Å². The van der Waals surface area contributed by atoms with E-state index in [2.05, 4.69) is 45.1 Å². The third-order valence-corrected chi connectivity index (χ3v) is 5.87. The number of likely N-dealkylation sites (N-methyl/N-ethyl adjacent to an activating group) is 1. The second-order valence-corrected chi connectivity index (χ2v) is 8.35. The smallest absolute Gasteiger partial charge is 0.157 e. The van der Waals surface area contributed by atoms with Gasteiger partial charge in [-0.1, -0.05) is 32.5 Å². The molecule has 1 saturated carbocycles. The quantitative estimate of drug-likeness (QED) is 0.863. The number of amidine groups is 1. The Morgan fingerprint density at radius 3 is 2.55 bits per heavy atom. The summed E-state index contributed by atoms with van der Waals surface area (Å²) in [7, 11) is 4.27. The summed E-state index contributed by atoms with van der Waals surface area (Å²) < 4.78 is 0. The molecule has 0 aromatic carbocycles. The molecule has 0 radical (unpaired) electrons. The summed E-state index contributed by atoms with van der Waals surface area (Å²) in [5.41, 5.74) is 0.357. The maximum atomic E-state index is 5.01. The van der Waals surface area contributed by atoms with Gasteiger partial charge in [0.1, 0.15) is 0 Å². The molecule has 0 amide bonds. The van der Waals surface area contributed by atoms with Gasteiger partial charge in [-0.15, -0.1) is 0 Å². The van der Waals surface area contributed by atoms with Crippen molar-refractivity contribution in [2.24, 2.45) is 16.8 Å². The Balaban J connectivity index is 1.98. The largest absolute Gasteiger partial charge is 0.359 e. The predicted octanol–water partition coefficient (Wildman–Crippen LogP) is 3.21. The molecule has 0 bridgehead atoms. The highest BCUT2D eigenvalue weighted by Crippen LogP contribution is 2.38. The van der Waals surface area contributed by atoms with Crippen LogP contribution < -0.4 is 5.32 Å². The number of hydrogen-bond acceptors (Lipinski definition) is 3. The molecule has 1 aliphatic carbocycles. The standard InChI is InChI=1S/C16H31N3S/c1-12(2)14(10-19(4)5)17-15-18-16(11-20-15)8-6-13(3)7-9-16/h12-14H,6-11H2,1-5H3,(H,17,18). The lowest BCUT2D eigenvalue weighted by molar-refractivity contribution is 0.250. The monoisotopic (exact) mass is 297 g/mol. The molecule has 4 heteroatoms. The van der Waals surface area contributed by atoms with Gasteiger partial charge < -0.3 is 10.2 Å². The average molecular weight is 298 g/mol. The zero-order chi connectivity index (χ0) is 14.8. The van der Waals surface area contributed by atoms with Crippen molar-refractivity contribution in [3.05, 3.63) is 0 Å². The van der Waals surface area contributed by atoms with E-state index in [-0.39, 0.29) is 0 Å². The first-order valence-corrected chi connectivity index (χ1v) is 9.02. The summed E-state index contributed by atoms with van der Waals surface area (Å²) in [6.07, 6.45) is 5.37. The molecule has 3 nitrogen and oxygen atoms in total. The zero-order valence-electron chi connectivity index (χ0n) is 13.8. The zero-order valence-corrected chi connectivity index (χ0v) is 14.6. The molecule has 1 heterocycles. The van der Waals surface area contributed by atoms with Gasteiger partial charge in [-0.05, 0) is 51.6 Å². The van der Waals surface area contributed by atoms with E-state index in [1.165, 1.54) is 36.6 Å². The molecular weight excluding hydrogens is 266 g/mol. The van der Waals surface area contributed by atoms with Gasteiger partial charge in [0.15, 0.2) is 5.17 Å². The van der Waals surface area contributed by atoms with Crippen molar-refractivity contribution < 1.29 is 0 Å². The van der Waals surface area contributed by atoms with E-state index in [1.807, 2.05) is 11.8 Å². The van der Waals surface area contributed by atoms with Crippen molar-refractivity contribution in [3.8, 4) is 0 Å². The van der Waals surface area contributed by atoms with Gasteiger partial charge in [-0.25, -0.2) is 0 Å². The summed E-state index contributed by atoms with van der Waals surface area (Å²) in [6.45, 7) is 7.97. The Morgan fingerprint density at radius 1 is 1.35 bits per heavy atom. The Morgan fingerprint density at radius 2 is 2.00 bits per heavy atom. The van der Waals surface area contributed by atoms with Crippen LogP contribution in [0.2, 0.25) is 0 Å². The van der Waals surface area contributed by atoms with Crippen LogP contribution in [-0.2, 0) is 0 Å². The topological polar surface area (TPSA) is 27.6 Å². The van der Waals surface area contributed by atoms with E-state index in [9.17, 15) is 0 Å². The Kier molecular flexibility index (Phi) is 5.41. The fourth-order valence-corrected chi connectivity index (χ4v) is 4.36. The summed E-state index contributed by atoms with van der Waals surface area (Å²) in [6, 6.07) is 0.401. The van der Waals surface area contributed by atoms with Crippen molar-refractivity contribution in [1.82, 2.24) is 10.2 Å². The Bertz CT molecular complexity index is 344. The molecule has 1 unspecified atom stereocenters. The fraction of sp³-hybridized carbons (Fsp3) is 0.938. The van der Waals surface area contributed by atoms with E-state index in [1.54, 1.807) is 0 Å². The maximum absolute atomic E-state index is 5.01. The second kappa shape index (κ2) is 6.69. The number of hydrogen-bond donors (Lipinski definition) is 1. The molecular formula is C16H31N3S. The second-order valence-electron chi connectivity index (χ2n) is 7.38. The van der Waals surface area contributed by atoms with E-state index in [4.69, 9.17) is 4.99 Å². The SMILES string of the molecule is CC1CCC2(CC1)CSC(=NC(CN(C)C)C(C)C)N2. The minimum atomic E-state index is 0.357. The van der Waals surface area contributed by atoms with Gasteiger partial charge in [-0.3, -0.25) is 4.99 Å². The summed E-state index contributed by atoms with van der Waals surface area (Å²) >= 11 is 1.94. The highest BCUT2D eigenvalue weighted by Gasteiger charge is 2.39. The highest BCUT2D eigenvalue weighted by molar-refractivity contribution is 8.14. The molecule has 20 heavy (non-hydrogen) atoms. The first kappa shape index (κ1) is 16.2. The summed E-state index contributed by atoms with van der Waals surface area (Å²) in [4.78, 5) is 7.25. The molecule has 2 fully saturated rings. The normalized spacial score (nSPS) is 34.1. The van der Waals surface area contributed by atoms with Gasteiger partial charge in [0, 0.05) is 17.8 Å². The van der Waals surface area contributed by atoms with Crippen LogP contribution in [0.25, 0.3) is 0 Å². The molecule has 1 atom stereocenters. The molecule has 116 valence electrons. The highest BCUT2D eigenvalue weighted by atomic mass is 32.2. The molecule has 2 rings (SSSR count). The average Bonchev–Trinajstić information content (AvgIpc) is 2.75. The van der Waals surface area contributed by atoms with Crippen LogP contribution in [0.1, 0.15) is 46.5 Å². The van der Waals surface area contributed by atoms with Gasteiger partial charge in [0.2, 0.25) is 0 Å². The molecule has 1 N–H and O–H groups in total. The van der Waals surface area contributed by atoms with Crippen LogP contribution >= 0.6 is 11.8 Å². The van der Waals surface area contributed by atoms with Gasteiger partial charge >= 0.3 is 0 Å². The van der Waals surface area contributed by atoms with Crippen LogP contribution in [0, 0.1) is 11.8 Å². The van der Waals surface area contributed by atoms with Crippen LogP contribution in [0.15, 0.2) is 4.99 Å². The molecule has 1 spiro atoms. The number of nitrogens with zero attached hydrogens (tertiary/aromatic N) is 2. The van der Waals surface area contributed by atoms with Gasteiger partial charge in [-0.2, -0.15) is 0 Å². The van der Waals surface area contributed by atoms with Gasteiger partial charge in [0.05, 0.1) is 6.04 Å². The maximum Gasteiger partial charge on any atom is 0.157 e. The third-order valence-electron chi connectivity index (χ3n) is 4.69. The fourth-order valence-electron chi connectivity index (χ4n) is 3.08. The molecule has 1 saturated heterocycles. The van der Waals surface area contributed by atoms with Crippen molar-refractivity contribution in [1.29, 1.82) is 0 Å². The van der Waals surface area contributed by atoms with Crippen molar-refractivity contribution in [3.63, 3.8) is 0 Å². The van der Waals surface area contributed by atoms with E-state index < -0.39 is 0 Å².